The lowest BCUT2D eigenvalue weighted by Gasteiger charge is -2.22. The molecule has 4 rings (SSSR count). The third kappa shape index (κ3) is 3.48. The van der Waals surface area contributed by atoms with E-state index in [1.807, 2.05) is 25.1 Å². The number of benzene rings is 1. The van der Waals surface area contributed by atoms with E-state index >= 15 is 0 Å². The Labute approximate surface area is 146 Å². The van der Waals surface area contributed by atoms with Crippen LogP contribution in [0.3, 0.4) is 0 Å². The summed E-state index contributed by atoms with van der Waals surface area (Å²) in [5.41, 5.74) is 1.49. The van der Waals surface area contributed by atoms with Crippen molar-refractivity contribution in [2.45, 2.75) is 51.5 Å². The van der Waals surface area contributed by atoms with E-state index in [0.29, 0.717) is 29.1 Å². The molecule has 2 aliphatic rings. The first kappa shape index (κ1) is 16.0. The van der Waals surface area contributed by atoms with Crippen LogP contribution in [0.1, 0.15) is 43.6 Å². The highest BCUT2D eigenvalue weighted by atomic mass is 16.7. The quantitative estimate of drug-likeness (QED) is 0.922. The average Bonchev–Trinajstić information content (AvgIpc) is 3.22. The first-order chi connectivity index (χ1) is 12.2. The lowest BCUT2D eigenvalue weighted by atomic mass is 9.95. The van der Waals surface area contributed by atoms with Crippen LogP contribution >= 0.6 is 0 Å². The zero-order valence-corrected chi connectivity index (χ0v) is 14.3. The van der Waals surface area contributed by atoms with Crippen LogP contribution in [-0.4, -0.2) is 23.7 Å². The zero-order chi connectivity index (χ0) is 17.2. The fourth-order valence-corrected chi connectivity index (χ4v) is 3.42. The first-order valence-corrected chi connectivity index (χ1v) is 8.85. The Morgan fingerprint density at radius 3 is 2.84 bits per heavy atom. The largest absolute Gasteiger partial charge is 0.454 e. The molecule has 132 valence electrons. The highest BCUT2D eigenvalue weighted by Gasteiger charge is 2.20. The number of nitrogens with one attached hydrogen (secondary N) is 1. The predicted molar refractivity (Wildman–Crippen MR) is 91.5 cm³/mol. The first-order valence-electron chi connectivity index (χ1n) is 8.85. The molecule has 1 aromatic carbocycles. The maximum Gasteiger partial charge on any atom is 0.231 e. The second-order valence-corrected chi connectivity index (χ2v) is 6.67. The van der Waals surface area contributed by atoms with Crippen LogP contribution in [0.15, 0.2) is 22.6 Å². The monoisotopic (exact) mass is 342 g/mol. The number of carbonyl (C=O) groups excluding carboxylic acids is 1. The number of aryl methyl sites for hydroxylation is 1. The number of ether oxygens (including phenoxy) is 2. The van der Waals surface area contributed by atoms with Crippen LogP contribution in [-0.2, 0) is 11.2 Å². The second kappa shape index (κ2) is 6.78. The van der Waals surface area contributed by atoms with E-state index in [2.05, 4.69) is 10.3 Å². The molecule has 2 aromatic rings. The van der Waals surface area contributed by atoms with Gasteiger partial charge in [0.2, 0.25) is 18.6 Å². The van der Waals surface area contributed by atoms with Crippen molar-refractivity contribution in [1.29, 1.82) is 0 Å². The molecule has 0 bridgehead atoms. The normalized spacial score (nSPS) is 16.8. The van der Waals surface area contributed by atoms with Gasteiger partial charge in [-0.3, -0.25) is 4.79 Å². The molecule has 0 spiro atoms. The van der Waals surface area contributed by atoms with Gasteiger partial charge in [-0.2, -0.15) is 0 Å². The maximum atomic E-state index is 12.3. The molecule has 1 saturated carbocycles. The molecule has 2 heterocycles. The number of oxazole rings is 1. The van der Waals surface area contributed by atoms with Crippen LogP contribution in [0, 0.1) is 6.92 Å². The summed E-state index contributed by atoms with van der Waals surface area (Å²) in [4.78, 5) is 16.8. The molecule has 1 aliphatic carbocycles. The summed E-state index contributed by atoms with van der Waals surface area (Å²) in [6.07, 6.45) is 6.06. The van der Waals surface area contributed by atoms with Gasteiger partial charge in [-0.25, -0.2) is 4.98 Å². The summed E-state index contributed by atoms with van der Waals surface area (Å²) < 4.78 is 16.5. The van der Waals surface area contributed by atoms with E-state index < -0.39 is 0 Å². The van der Waals surface area contributed by atoms with E-state index in [9.17, 15) is 4.79 Å². The van der Waals surface area contributed by atoms with Crippen molar-refractivity contribution in [3.05, 3.63) is 29.7 Å². The Kier molecular flexibility index (Phi) is 4.34. The Bertz CT molecular complexity index is 778. The van der Waals surface area contributed by atoms with Crippen molar-refractivity contribution in [3.63, 3.8) is 0 Å². The fourth-order valence-electron chi connectivity index (χ4n) is 3.42. The predicted octanol–water partition coefficient (Wildman–Crippen LogP) is 3.37. The third-order valence-corrected chi connectivity index (χ3v) is 4.81. The number of aromatic nitrogens is 1. The number of hydrogen-bond donors (Lipinski definition) is 1. The molecular formula is C19H22N2O4. The topological polar surface area (TPSA) is 73.6 Å². The van der Waals surface area contributed by atoms with Crippen molar-refractivity contribution in [1.82, 2.24) is 10.3 Å². The van der Waals surface area contributed by atoms with Crippen molar-refractivity contribution < 1.29 is 18.7 Å². The van der Waals surface area contributed by atoms with Gasteiger partial charge in [-0.15, -0.1) is 0 Å². The van der Waals surface area contributed by atoms with Crippen molar-refractivity contribution >= 4 is 5.91 Å². The summed E-state index contributed by atoms with van der Waals surface area (Å²) >= 11 is 0. The minimum Gasteiger partial charge on any atom is -0.454 e. The minimum atomic E-state index is 0.0144. The highest BCUT2D eigenvalue weighted by Crippen LogP contribution is 2.36. The van der Waals surface area contributed by atoms with Crippen molar-refractivity contribution in [2.75, 3.05) is 6.79 Å². The van der Waals surface area contributed by atoms with E-state index in [4.69, 9.17) is 13.9 Å². The van der Waals surface area contributed by atoms with Crippen LogP contribution in [0.5, 0.6) is 11.5 Å². The molecular weight excluding hydrogens is 320 g/mol. The third-order valence-electron chi connectivity index (χ3n) is 4.81. The van der Waals surface area contributed by atoms with Gasteiger partial charge in [-0.05, 0) is 38.0 Å². The van der Waals surface area contributed by atoms with Gasteiger partial charge in [0.05, 0.1) is 12.1 Å². The molecule has 0 saturated heterocycles. The molecule has 1 aliphatic heterocycles. The molecule has 0 radical (unpaired) electrons. The lowest BCUT2D eigenvalue weighted by molar-refractivity contribution is -0.121. The summed E-state index contributed by atoms with van der Waals surface area (Å²) in [7, 11) is 0. The van der Waals surface area contributed by atoms with Gasteiger partial charge in [0.1, 0.15) is 5.76 Å². The summed E-state index contributed by atoms with van der Waals surface area (Å²) in [5.74, 6) is 2.59. The Hall–Kier alpha value is -2.50. The Balaban J connectivity index is 1.45. The van der Waals surface area contributed by atoms with Crippen LogP contribution in [0.4, 0.5) is 0 Å². The molecule has 1 aromatic heterocycles. The van der Waals surface area contributed by atoms with Gasteiger partial charge in [0.25, 0.3) is 0 Å². The fraction of sp³-hybridized carbons (Fsp3) is 0.474. The van der Waals surface area contributed by atoms with E-state index in [1.54, 1.807) is 0 Å². The lowest BCUT2D eigenvalue weighted by Crippen LogP contribution is -2.37. The molecule has 1 fully saturated rings. The average molecular weight is 342 g/mol. The van der Waals surface area contributed by atoms with Gasteiger partial charge in [0, 0.05) is 11.6 Å². The van der Waals surface area contributed by atoms with Gasteiger partial charge in [0.15, 0.2) is 11.5 Å². The van der Waals surface area contributed by atoms with Crippen LogP contribution in [0.25, 0.3) is 11.5 Å². The number of hydrogen-bond acceptors (Lipinski definition) is 5. The molecule has 6 nitrogen and oxygen atoms in total. The summed E-state index contributed by atoms with van der Waals surface area (Å²) in [5, 5.41) is 3.12. The van der Waals surface area contributed by atoms with Crippen molar-refractivity contribution in [2.24, 2.45) is 0 Å². The van der Waals surface area contributed by atoms with E-state index in [1.165, 1.54) is 19.3 Å². The zero-order valence-electron chi connectivity index (χ0n) is 14.3. The Morgan fingerprint density at radius 2 is 2.00 bits per heavy atom. The van der Waals surface area contributed by atoms with Crippen molar-refractivity contribution in [3.8, 4) is 23.0 Å². The van der Waals surface area contributed by atoms with Gasteiger partial charge in [-0.1, -0.05) is 19.3 Å². The second-order valence-electron chi connectivity index (χ2n) is 6.67. The minimum absolute atomic E-state index is 0.0144. The SMILES string of the molecule is Cc1oc(-c2ccc3c(c2)OCO3)nc1CC(=O)NC1CCCCC1. The molecule has 6 heteroatoms. The standard InChI is InChI=1S/C19H22N2O4/c1-12-15(10-18(22)20-14-5-3-2-4-6-14)21-19(25-12)13-7-8-16-17(9-13)24-11-23-16/h7-9,14H,2-6,10-11H2,1H3,(H,20,22). The molecule has 1 amide bonds. The van der Waals surface area contributed by atoms with Crippen LogP contribution < -0.4 is 14.8 Å². The maximum absolute atomic E-state index is 12.3. The number of rotatable bonds is 4. The van der Waals surface area contributed by atoms with E-state index in [0.717, 1.165) is 24.2 Å². The smallest absolute Gasteiger partial charge is 0.231 e. The summed E-state index contributed by atoms with van der Waals surface area (Å²) in [6.45, 7) is 2.07. The molecule has 0 atom stereocenters. The highest BCUT2D eigenvalue weighted by molar-refractivity contribution is 5.78. The van der Waals surface area contributed by atoms with Crippen LogP contribution in [0.2, 0.25) is 0 Å². The molecule has 0 unspecified atom stereocenters. The Morgan fingerprint density at radius 1 is 1.20 bits per heavy atom. The number of fused-ring (bicyclic) bond motifs is 1. The summed E-state index contributed by atoms with van der Waals surface area (Å²) in [6, 6.07) is 5.87. The van der Waals surface area contributed by atoms with E-state index in [-0.39, 0.29) is 19.1 Å². The van der Waals surface area contributed by atoms with Gasteiger partial charge < -0.3 is 19.2 Å². The van der Waals surface area contributed by atoms with Gasteiger partial charge >= 0.3 is 0 Å². The molecule has 1 N–H and O–H groups in total. The number of amides is 1. The number of carbonyl (C=O) groups is 1. The number of nitrogens with zero attached hydrogens (tertiary/aromatic N) is 1. The molecule has 25 heavy (non-hydrogen) atoms.